The molecule has 0 radical (unpaired) electrons. The van der Waals surface area contributed by atoms with Gasteiger partial charge in [0.05, 0.1) is 11.9 Å². The topological polar surface area (TPSA) is 158 Å². The zero-order chi connectivity index (χ0) is 24.1. The van der Waals surface area contributed by atoms with Crippen LogP contribution in [0.5, 0.6) is 5.88 Å². The van der Waals surface area contributed by atoms with Gasteiger partial charge in [0, 0.05) is 30.9 Å². The maximum absolute atomic E-state index is 13.6. The Kier molecular flexibility index (Phi) is 6.94. The summed E-state index contributed by atoms with van der Waals surface area (Å²) in [5.41, 5.74) is 8.22. The van der Waals surface area contributed by atoms with Gasteiger partial charge in [-0.1, -0.05) is 11.2 Å². The van der Waals surface area contributed by atoms with E-state index in [0.29, 0.717) is 29.3 Å². The number of nitrogen functional groups attached to an aromatic ring is 1. The van der Waals surface area contributed by atoms with E-state index in [1.807, 2.05) is 0 Å². The van der Waals surface area contributed by atoms with E-state index < -0.39 is 20.4 Å². The number of hydrogen-bond acceptors (Lipinski definition) is 8. The molecular formula is C21H20FN5O6P+. The first-order chi connectivity index (χ1) is 16.3. The quantitative estimate of drug-likeness (QED) is 0.236. The molecule has 0 aromatic carbocycles. The molecule has 176 valence electrons. The van der Waals surface area contributed by atoms with E-state index in [1.54, 1.807) is 36.5 Å². The van der Waals surface area contributed by atoms with Crippen LogP contribution in [0.25, 0.3) is 11.3 Å². The molecule has 13 heteroatoms. The molecule has 0 fully saturated rings. The second-order valence-electron chi connectivity index (χ2n) is 7.11. The van der Waals surface area contributed by atoms with Gasteiger partial charge in [-0.25, -0.2) is 23.0 Å². The predicted molar refractivity (Wildman–Crippen MR) is 115 cm³/mol. The normalized spacial score (nSPS) is 11.5. The monoisotopic (exact) mass is 488 g/mol. The van der Waals surface area contributed by atoms with E-state index in [9.17, 15) is 8.96 Å². The number of nitrogens with two attached hydrogens (primary N) is 1. The van der Waals surface area contributed by atoms with Crippen LogP contribution in [0.2, 0.25) is 0 Å². The summed E-state index contributed by atoms with van der Waals surface area (Å²) in [6.45, 7) is -0.471. The Hall–Kier alpha value is -3.70. The van der Waals surface area contributed by atoms with Gasteiger partial charge in [0.2, 0.25) is 12.6 Å². The van der Waals surface area contributed by atoms with E-state index in [-0.39, 0.29) is 18.1 Å². The fourth-order valence-corrected chi connectivity index (χ4v) is 3.30. The minimum atomic E-state index is -4.65. The number of rotatable bonds is 9. The Labute approximate surface area is 192 Å². The smallest absolute Gasteiger partial charge is 0.471 e. The van der Waals surface area contributed by atoms with Crippen molar-refractivity contribution in [2.45, 2.75) is 19.8 Å². The van der Waals surface area contributed by atoms with Crippen LogP contribution in [0.4, 0.5) is 10.2 Å². The molecule has 4 aromatic rings. The van der Waals surface area contributed by atoms with Crippen LogP contribution < -0.4 is 15.0 Å². The maximum Gasteiger partial charge on any atom is 0.472 e. The number of aromatic nitrogens is 4. The number of pyridine rings is 3. The standard InChI is InChI=1S/C21H19FN5O6P/c22-17-4-1-7-24-18(17)12-31-20-6-5-14(11-25-20)9-15-10-19(33-26-15)16-3-2-8-27(21(16)23)13-32-34(28,29)30/h1-8,10-11,23H,9,12-13H2,(H2,28,29,30)/p+1. The van der Waals surface area contributed by atoms with E-state index in [0.717, 1.165) is 5.56 Å². The largest absolute Gasteiger partial charge is 0.472 e. The number of ether oxygens (including phenoxy) is 1. The van der Waals surface area contributed by atoms with Crippen molar-refractivity contribution in [2.24, 2.45) is 0 Å². The number of hydrogen-bond donors (Lipinski definition) is 3. The molecular weight excluding hydrogens is 468 g/mol. The number of phosphoric ester groups is 1. The summed E-state index contributed by atoms with van der Waals surface area (Å²) in [5.74, 6) is 0.447. The van der Waals surface area contributed by atoms with Crippen molar-refractivity contribution in [3.63, 3.8) is 0 Å². The highest BCUT2D eigenvalue weighted by molar-refractivity contribution is 7.46. The van der Waals surface area contributed by atoms with Crippen LogP contribution in [0, 0.1) is 5.82 Å². The average molecular weight is 488 g/mol. The Bertz CT molecular complexity index is 1330. The molecule has 0 saturated heterocycles. The van der Waals surface area contributed by atoms with Crippen molar-refractivity contribution in [1.82, 2.24) is 15.1 Å². The molecule has 0 bridgehead atoms. The van der Waals surface area contributed by atoms with Crippen LogP contribution in [-0.2, 0) is 28.8 Å². The molecule has 0 unspecified atom stereocenters. The van der Waals surface area contributed by atoms with Gasteiger partial charge in [-0.2, -0.15) is 0 Å². The molecule has 0 aliphatic rings. The molecule has 34 heavy (non-hydrogen) atoms. The molecule has 0 saturated carbocycles. The lowest BCUT2D eigenvalue weighted by Gasteiger charge is -2.07. The third-order valence-corrected chi connectivity index (χ3v) is 5.13. The van der Waals surface area contributed by atoms with Gasteiger partial charge in [0.25, 0.3) is 5.82 Å². The maximum atomic E-state index is 13.6. The summed E-state index contributed by atoms with van der Waals surface area (Å²) >= 11 is 0. The van der Waals surface area contributed by atoms with Crippen molar-refractivity contribution in [3.8, 4) is 17.2 Å². The third-order valence-electron chi connectivity index (χ3n) is 4.68. The Morgan fingerprint density at radius 1 is 1.18 bits per heavy atom. The van der Waals surface area contributed by atoms with Gasteiger partial charge in [-0.05, 0) is 29.8 Å². The minimum absolute atomic E-state index is 0.0383. The molecule has 0 aliphatic heterocycles. The Balaban J connectivity index is 1.40. The van der Waals surface area contributed by atoms with Crippen molar-refractivity contribution in [1.29, 1.82) is 0 Å². The fourth-order valence-electron chi connectivity index (χ4n) is 3.02. The van der Waals surface area contributed by atoms with E-state index in [1.165, 1.54) is 29.1 Å². The summed E-state index contributed by atoms with van der Waals surface area (Å²) in [7, 11) is -4.65. The van der Waals surface area contributed by atoms with E-state index in [4.69, 9.17) is 24.8 Å². The van der Waals surface area contributed by atoms with Crippen LogP contribution in [0.1, 0.15) is 17.0 Å². The molecule has 0 spiro atoms. The van der Waals surface area contributed by atoms with Crippen molar-refractivity contribution in [2.75, 3.05) is 5.73 Å². The number of halogens is 1. The van der Waals surface area contributed by atoms with Gasteiger partial charge in [-0.15, -0.1) is 0 Å². The zero-order valence-electron chi connectivity index (χ0n) is 17.6. The second kappa shape index (κ2) is 10.1. The molecule has 4 N–H and O–H groups in total. The van der Waals surface area contributed by atoms with E-state index >= 15 is 0 Å². The summed E-state index contributed by atoms with van der Waals surface area (Å²) in [4.78, 5) is 25.9. The van der Waals surface area contributed by atoms with Crippen molar-refractivity contribution < 1.29 is 37.1 Å². The average Bonchev–Trinajstić information content (AvgIpc) is 3.26. The lowest BCUT2D eigenvalue weighted by Crippen LogP contribution is -2.38. The first-order valence-corrected chi connectivity index (χ1v) is 11.4. The summed E-state index contributed by atoms with van der Waals surface area (Å²) in [6, 6.07) is 11.3. The number of nitrogens with zero attached hydrogens (tertiary/aromatic N) is 4. The Morgan fingerprint density at radius 2 is 2.03 bits per heavy atom. The lowest BCUT2D eigenvalue weighted by atomic mass is 10.1. The number of phosphoric acid groups is 1. The van der Waals surface area contributed by atoms with Crippen LogP contribution in [-0.4, -0.2) is 24.9 Å². The molecule has 4 aromatic heterocycles. The molecule has 11 nitrogen and oxygen atoms in total. The molecule has 0 atom stereocenters. The van der Waals surface area contributed by atoms with Gasteiger partial charge in [-0.3, -0.25) is 10.7 Å². The van der Waals surface area contributed by atoms with Crippen molar-refractivity contribution >= 4 is 13.6 Å². The highest BCUT2D eigenvalue weighted by atomic mass is 31.2. The Morgan fingerprint density at radius 3 is 2.76 bits per heavy atom. The molecule has 0 amide bonds. The fraction of sp³-hybridized carbons (Fsp3) is 0.143. The number of anilines is 1. The zero-order valence-corrected chi connectivity index (χ0v) is 18.5. The van der Waals surface area contributed by atoms with Crippen molar-refractivity contribution in [3.05, 3.63) is 83.8 Å². The lowest BCUT2D eigenvalue weighted by molar-refractivity contribution is -0.711. The van der Waals surface area contributed by atoms with Gasteiger partial charge in [0.1, 0.15) is 23.7 Å². The second-order valence-corrected chi connectivity index (χ2v) is 8.35. The summed E-state index contributed by atoms with van der Waals surface area (Å²) < 4.78 is 41.3. The first-order valence-electron chi connectivity index (χ1n) is 9.89. The molecule has 4 heterocycles. The summed E-state index contributed by atoms with van der Waals surface area (Å²) in [6.07, 6.45) is 5.04. The van der Waals surface area contributed by atoms with Crippen LogP contribution >= 0.6 is 7.82 Å². The highest BCUT2D eigenvalue weighted by Gasteiger charge is 2.20. The SMILES string of the molecule is Nc1c(-c2cc(Cc3ccc(OCc4ncccc4F)nc3)no2)ccc[n+]1COP(=O)(O)O. The van der Waals surface area contributed by atoms with Gasteiger partial charge in [0.15, 0.2) is 5.76 Å². The minimum Gasteiger partial charge on any atom is -0.471 e. The third kappa shape index (κ3) is 6.00. The van der Waals surface area contributed by atoms with E-state index in [2.05, 4.69) is 19.6 Å². The van der Waals surface area contributed by atoms with Gasteiger partial charge >= 0.3 is 7.82 Å². The first kappa shape index (κ1) is 23.5. The molecule has 0 aliphatic carbocycles. The molecule has 4 rings (SSSR count). The van der Waals surface area contributed by atoms with Crippen LogP contribution in [0.3, 0.4) is 0 Å². The summed E-state index contributed by atoms with van der Waals surface area (Å²) in [5, 5.41) is 4.05. The predicted octanol–water partition coefficient (Wildman–Crippen LogP) is 2.38. The van der Waals surface area contributed by atoms with Crippen LogP contribution in [0.15, 0.2) is 65.6 Å². The highest BCUT2D eigenvalue weighted by Crippen LogP contribution is 2.35. The van der Waals surface area contributed by atoms with Gasteiger partial charge < -0.3 is 19.0 Å².